The van der Waals surface area contributed by atoms with Gasteiger partial charge < -0.3 is 15.4 Å². The van der Waals surface area contributed by atoms with Crippen LogP contribution in [0.1, 0.15) is 32.3 Å². The van der Waals surface area contributed by atoms with Crippen molar-refractivity contribution in [2.24, 2.45) is 0 Å². The highest BCUT2D eigenvalue weighted by molar-refractivity contribution is 9.10. The normalized spacial score (nSPS) is 10.4. The molecule has 0 bridgehead atoms. The molecule has 144 valence electrons. The summed E-state index contributed by atoms with van der Waals surface area (Å²) in [6.07, 6.45) is 2.11. The quantitative estimate of drug-likeness (QED) is 0.561. The molecule has 2 rings (SSSR count). The average Bonchev–Trinajstić information content (AvgIpc) is 2.63. The Kier molecular flexibility index (Phi) is 8.13. The fourth-order valence-corrected chi connectivity index (χ4v) is 3.07. The Morgan fingerprint density at radius 2 is 1.85 bits per heavy atom. The number of aryl methyl sites for hydroxylation is 1. The van der Waals surface area contributed by atoms with Gasteiger partial charge in [0.25, 0.3) is 5.91 Å². The van der Waals surface area contributed by atoms with Crippen molar-refractivity contribution in [3.05, 3.63) is 51.5 Å². The highest BCUT2D eigenvalue weighted by Crippen LogP contribution is 2.27. The Labute approximate surface area is 172 Å². The van der Waals surface area contributed by atoms with Gasteiger partial charge in [-0.25, -0.2) is 0 Å². The maximum atomic E-state index is 12.2. The summed E-state index contributed by atoms with van der Waals surface area (Å²) in [5.74, 6) is 0.162. The van der Waals surface area contributed by atoms with Crippen LogP contribution in [-0.4, -0.2) is 18.4 Å². The van der Waals surface area contributed by atoms with Gasteiger partial charge in [-0.2, -0.15) is 0 Å². The van der Waals surface area contributed by atoms with Gasteiger partial charge >= 0.3 is 0 Å². The summed E-state index contributed by atoms with van der Waals surface area (Å²) in [5, 5.41) is 5.86. The summed E-state index contributed by atoms with van der Waals surface area (Å²) in [5.41, 5.74) is 2.17. The van der Waals surface area contributed by atoms with E-state index in [4.69, 9.17) is 16.3 Å². The Bertz CT molecular complexity index is 827. The van der Waals surface area contributed by atoms with Crippen molar-refractivity contribution in [3.8, 4) is 5.75 Å². The van der Waals surface area contributed by atoms with Crippen LogP contribution in [0.3, 0.4) is 0 Å². The Balaban J connectivity index is 1.97. The predicted molar refractivity (Wildman–Crippen MR) is 113 cm³/mol. The number of ether oxygens (including phenoxy) is 1. The van der Waals surface area contributed by atoms with Crippen LogP contribution in [0.4, 0.5) is 11.4 Å². The minimum Gasteiger partial charge on any atom is -0.483 e. The lowest BCUT2D eigenvalue weighted by Gasteiger charge is -2.12. The lowest BCUT2D eigenvalue weighted by Crippen LogP contribution is -2.20. The summed E-state index contributed by atoms with van der Waals surface area (Å²) in [4.78, 5) is 23.9. The number of hydrogen-bond acceptors (Lipinski definition) is 3. The molecule has 0 saturated carbocycles. The zero-order chi connectivity index (χ0) is 19.8. The third-order valence-electron chi connectivity index (χ3n) is 3.76. The molecule has 0 radical (unpaired) electrons. The zero-order valence-electron chi connectivity index (χ0n) is 15.3. The first-order chi connectivity index (χ1) is 12.9. The standard InChI is InChI=1S/C20H22BrClN2O3/c1-3-5-19(25)23-14-7-8-16(22)17(11-14)24-20(26)12-27-18-9-6-13(4-2)10-15(18)21/h6-11H,3-5,12H2,1-2H3,(H,23,25)(H,24,26). The van der Waals surface area contributed by atoms with Crippen molar-refractivity contribution in [1.82, 2.24) is 0 Å². The molecule has 0 unspecified atom stereocenters. The summed E-state index contributed by atoms with van der Waals surface area (Å²) >= 11 is 9.58. The molecule has 2 amide bonds. The third-order valence-corrected chi connectivity index (χ3v) is 4.71. The van der Waals surface area contributed by atoms with E-state index in [0.29, 0.717) is 28.6 Å². The molecule has 7 heteroatoms. The molecule has 2 aromatic rings. The van der Waals surface area contributed by atoms with E-state index in [1.165, 1.54) is 5.56 Å². The molecule has 0 saturated heterocycles. The first-order valence-electron chi connectivity index (χ1n) is 8.73. The highest BCUT2D eigenvalue weighted by Gasteiger charge is 2.10. The van der Waals surface area contributed by atoms with Gasteiger partial charge in [-0.05, 0) is 64.7 Å². The van der Waals surface area contributed by atoms with Crippen molar-refractivity contribution in [1.29, 1.82) is 0 Å². The molecule has 2 aromatic carbocycles. The monoisotopic (exact) mass is 452 g/mol. The summed E-state index contributed by atoms with van der Waals surface area (Å²) < 4.78 is 6.36. The van der Waals surface area contributed by atoms with Crippen LogP contribution in [0.5, 0.6) is 5.75 Å². The number of carbonyl (C=O) groups excluding carboxylic acids is 2. The maximum absolute atomic E-state index is 12.2. The fraction of sp³-hybridized carbons (Fsp3) is 0.300. The Morgan fingerprint density at radius 1 is 1.07 bits per heavy atom. The second-order valence-electron chi connectivity index (χ2n) is 5.95. The van der Waals surface area contributed by atoms with Crippen molar-refractivity contribution >= 4 is 50.7 Å². The first kappa shape index (κ1) is 21.3. The van der Waals surface area contributed by atoms with Gasteiger partial charge in [-0.15, -0.1) is 0 Å². The van der Waals surface area contributed by atoms with Crippen molar-refractivity contribution < 1.29 is 14.3 Å². The van der Waals surface area contributed by atoms with E-state index >= 15 is 0 Å². The van der Waals surface area contributed by atoms with Gasteiger partial charge in [0.15, 0.2) is 6.61 Å². The molecule has 5 nitrogen and oxygen atoms in total. The highest BCUT2D eigenvalue weighted by atomic mass is 79.9. The van der Waals surface area contributed by atoms with Gasteiger partial charge in [0.1, 0.15) is 5.75 Å². The van der Waals surface area contributed by atoms with Crippen LogP contribution in [-0.2, 0) is 16.0 Å². The van der Waals surface area contributed by atoms with Crippen LogP contribution in [0.15, 0.2) is 40.9 Å². The molecule has 0 aromatic heterocycles. The lowest BCUT2D eigenvalue weighted by molar-refractivity contribution is -0.118. The van der Waals surface area contributed by atoms with Gasteiger partial charge in [-0.3, -0.25) is 9.59 Å². The fourth-order valence-electron chi connectivity index (χ4n) is 2.36. The number of hydrogen-bond donors (Lipinski definition) is 2. The van der Waals surface area contributed by atoms with Gasteiger partial charge in [0.2, 0.25) is 5.91 Å². The Hall–Kier alpha value is -2.05. The molecular weight excluding hydrogens is 432 g/mol. The molecule has 0 spiro atoms. The number of halogens is 2. The lowest BCUT2D eigenvalue weighted by atomic mass is 10.2. The van der Waals surface area contributed by atoms with Crippen molar-refractivity contribution in [2.75, 3.05) is 17.2 Å². The Morgan fingerprint density at radius 3 is 2.52 bits per heavy atom. The molecule has 0 fully saturated rings. The molecule has 0 heterocycles. The number of amides is 2. The molecular formula is C20H22BrClN2O3. The van der Waals surface area contributed by atoms with E-state index in [1.54, 1.807) is 18.2 Å². The first-order valence-corrected chi connectivity index (χ1v) is 9.90. The van der Waals surface area contributed by atoms with Crippen LogP contribution in [0.25, 0.3) is 0 Å². The van der Waals surface area contributed by atoms with Gasteiger partial charge in [0, 0.05) is 12.1 Å². The number of nitrogens with one attached hydrogen (secondary N) is 2. The van der Waals surface area contributed by atoms with Crippen molar-refractivity contribution in [2.45, 2.75) is 33.1 Å². The molecule has 27 heavy (non-hydrogen) atoms. The average molecular weight is 454 g/mol. The van der Waals surface area contributed by atoms with E-state index in [0.717, 1.165) is 17.3 Å². The van der Waals surface area contributed by atoms with E-state index in [9.17, 15) is 9.59 Å². The molecule has 0 aliphatic heterocycles. The number of benzene rings is 2. The predicted octanol–water partition coefficient (Wildman–Crippen LogP) is 5.42. The van der Waals surface area contributed by atoms with Crippen molar-refractivity contribution in [3.63, 3.8) is 0 Å². The van der Waals surface area contributed by atoms with Crippen LogP contribution in [0, 0.1) is 0 Å². The van der Waals surface area contributed by atoms with E-state index in [-0.39, 0.29) is 18.4 Å². The minimum absolute atomic E-state index is 0.0826. The van der Waals surface area contributed by atoms with Gasteiger partial charge in [0.05, 0.1) is 15.2 Å². The molecule has 0 aliphatic rings. The third kappa shape index (κ3) is 6.56. The maximum Gasteiger partial charge on any atom is 0.262 e. The number of carbonyl (C=O) groups is 2. The molecule has 2 N–H and O–H groups in total. The largest absolute Gasteiger partial charge is 0.483 e. The minimum atomic E-state index is -0.347. The summed E-state index contributed by atoms with van der Waals surface area (Å²) in [6.45, 7) is 3.84. The topological polar surface area (TPSA) is 67.4 Å². The smallest absolute Gasteiger partial charge is 0.262 e. The summed E-state index contributed by atoms with van der Waals surface area (Å²) in [6, 6.07) is 10.7. The molecule has 0 aliphatic carbocycles. The van der Waals surface area contributed by atoms with Gasteiger partial charge in [-0.1, -0.05) is 31.5 Å². The van der Waals surface area contributed by atoms with Crippen LogP contribution in [0.2, 0.25) is 5.02 Å². The number of rotatable bonds is 8. The SMILES string of the molecule is CCCC(=O)Nc1ccc(Cl)c(NC(=O)COc2ccc(CC)cc2Br)c1. The second kappa shape index (κ2) is 10.3. The summed E-state index contributed by atoms with van der Waals surface area (Å²) in [7, 11) is 0. The molecule has 0 atom stereocenters. The van der Waals surface area contributed by atoms with E-state index in [1.807, 2.05) is 25.1 Å². The van der Waals surface area contributed by atoms with E-state index in [2.05, 4.69) is 33.5 Å². The zero-order valence-corrected chi connectivity index (χ0v) is 17.6. The van der Waals surface area contributed by atoms with Crippen LogP contribution >= 0.6 is 27.5 Å². The number of anilines is 2. The second-order valence-corrected chi connectivity index (χ2v) is 7.21. The van der Waals surface area contributed by atoms with E-state index < -0.39 is 0 Å². The van der Waals surface area contributed by atoms with Crippen LogP contribution < -0.4 is 15.4 Å².